The first kappa shape index (κ1) is 21.9. The molecule has 29 heavy (non-hydrogen) atoms. The lowest BCUT2D eigenvalue weighted by Gasteiger charge is -2.34. The van der Waals surface area contributed by atoms with Crippen molar-refractivity contribution in [1.82, 2.24) is 15.5 Å². The van der Waals surface area contributed by atoms with Gasteiger partial charge in [-0.15, -0.1) is 0 Å². The summed E-state index contributed by atoms with van der Waals surface area (Å²) in [6.45, 7) is 13.7. The van der Waals surface area contributed by atoms with Gasteiger partial charge in [0, 0.05) is 58.0 Å². The summed E-state index contributed by atoms with van der Waals surface area (Å²) in [6.07, 6.45) is 5.00. The lowest BCUT2D eigenvalue weighted by Crippen LogP contribution is -2.48. The zero-order chi connectivity index (χ0) is 20.6. The zero-order valence-electron chi connectivity index (χ0n) is 19.0. The second-order valence-corrected chi connectivity index (χ2v) is 9.37. The highest BCUT2D eigenvalue weighted by atomic mass is 15.2. The van der Waals surface area contributed by atoms with Crippen molar-refractivity contribution < 1.29 is 0 Å². The van der Waals surface area contributed by atoms with Gasteiger partial charge in [0.2, 0.25) is 0 Å². The number of likely N-dealkylation sites (tertiary alicyclic amines) is 1. The van der Waals surface area contributed by atoms with Gasteiger partial charge in [0.15, 0.2) is 5.96 Å². The number of anilines is 1. The molecule has 0 unspecified atom stereocenters. The molecule has 5 heteroatoms. The van der Waals surface area contributed by atoms with Crippen LogP contribution in [0.2, 0.25) is 0 Å². The fourth-order valence-corrected chi connectivity index (χ4v) is 4.44. The Bertz CT molecular complexity index is 623. The number of piperidine rings is 2. The van der Waals surface area contributed by atoms with Gasteiger partial charge in [0.25, 0.3) is 0 Å². The van der Waals surface area contributed by atoms with Gasteiger partial charge in [-0.2, -0.15) is 0 Å². The van der Waals surface area contributed by atoms with E-state index in [1.165, 1.54) is 69.7 Å². The van der Waals surface area contributed by atoms with Crippen LogP contribution in [0.25, 0.3) is 0 Å². The number of guanidine groups is 1. The highest BCUT2D eigenvalue weighted by molar-refractivity contribution is 5.80. The van der Waals surface area contributed by atoms with Crippen molar-refractivity contribution in [2.24, 2.45) is 16.8 Å². The molecule has 0 radical (unpaired) electrons. The third kappa shape index (κ3) is 6.91. The van der Waals surface area contributed by atoms with E-state index in [-0.39, 0.29) is 0 Å². The number of nitrogens with zero attached hydrogens (tertiary/aromatic N) is 3. The first-order chi connectivity index (χ1) is 14.0. The minimum atomic E-state index is 0.522. The van der Waals surface area contributed by atoms with E-state index < -0.39 is 0 Å². The molecule has 5 nitrogen and oxygen atoms in total. The van der Waals surface area contributed by atoms with E-state index in [2.05, 4.69) is 70.5 Å². The molecule has 2 N–H and O–H groups in total. The van der Waals surface area contributed by atoms with Crippen LogP contribution in [0.4, 0.5) is 5.69 Å². The molecule has 2 heterocycles. The molecule has 2 aliphatic rings. The van der Waals surface area contributed by atoms with E-state index in [1.54, 1.807) is 0 Å². The minimum Gasteiger partial charge on any atom is -0.372 e. The molecule has 0 atom stereocenters. The van der Waals surface area contributed by atoms with E-state index in [4.69, 9.17) is 0 Å². The van der Waals surface area contributed by atoms with Crippen LogP contribution in [0.5, 0.6) is 0 Å². The molecule has 0 spiro atoms. The summed E-state index contributed by atoms with van der Waals surface area (Å²) in [4.78, 5) is 9.54. The average molecular weight is 400 g/mol. The minimum absolute atomic E-state index is 0.522. The van der Waals surface area contributed by atoms with Gasteiger partial charge >= 0.3 is 0 Å². The Morgan fingerprint density at radius 3 is 2.28 bits per heavy atom. The molecule has 1 aromatic carbocycles. The summed E-state index contributed by atoms with van der Waals surface area (Å²) >= 11 is 0. The van der Waals surface area contributed by atoms with Crippen molar-refractivity contribution in [2.75, 3.05) is 44.7 Å². The first-order valence-electron chi connectivity index (χ1n) is 11.6. The number of aliphatic imine (C=N–C) groups is 1. The molecule has 1 aromatic rings. The quantitative estimate of drug-likeness (QED) is 0.565. The third-order valence-corrected chi connectivity index (χ3v) is 6.32. The lowest BCUT2D eigenvalue weighted by atomic mass is 9.99. The Morgan fingerprint density at radius 2 is 1.69 bits per heavy atom. The largest absolute Gasteiger partial charge is 0.372 e. The average Bonchev–Trinajstić information content (AvgIpc) is 2.73. The van der Waals surface area contributed by atoms with E-state index >= 15 is 0 Å². The predicted octanol–water partition coefficient (Wildman–Crippen LogP) is 3.71. The number of hydrogen-bond acceptors (Lipinski definition) is 3. The highest BCUT2D eigenvalue weighted by Gasteiger charge is 2.20. The Morgan fingerprint density at radius 1 is 1.03 bits per heavy atom. The van der Waals surface area contributed by atoms with Gasteiger partial charge in [0.1, 0.15) is 0 Å². The van der Waals surface area contributed by atoms with E-state index in [1.807, 2.05) is 7.05 Å². The molecular weight excluding hydrogens is 358 g/mol. The number of nitrogens with one attached hydrogen (secondary N) is 2. The van der Waals surface area contributed by atoms with Gasteiger partial charge in [0.05, 0.1) is 0 Å². The second-order valence-electron chi connectivity index (χ2n) is 9.37. The maximum atomic E-state index is 4.44. The molecule has 0 aromatic heterocycles. The van der Waals surface area contributed by atoms with Gasteiger partial charge in [-0.1, -0.05) is 32.9 Å². The second kappa shape index (κ2) is 10.9. The van der Waals surface area contributed by atoms with Gasteiger partial charge in [-0.05, 0) is 55.2 Å². The molecule has 0 amide bonds. The molecule has 3 rings (SSSR count). The molecule has 0 aliphatic carbocycles. The molecule has 2 saturated heterocycles. The maximum Gasteiger partial charge on any atom is 0.191 e. The summed E-state index contributed by atoms with van der Waals surface area (Å²) in [5, 5.41) is 7.11. The van der Waals surface area contributed by atoms with Crippen molar-refractivity contribution in [3.63, 3.8) is 0 Å². The van der Waals surface area contributed by atoms with Crippen LogP contribution in [0.3, 0.4) is 0 Å². The van der Waals surface area contributed by atoms with E-state index in [0.29, 0.717) is 6.04 Å². The number of benzene rings is 1. The highest BCUT2D eigenvalue weighted by Crippen LogP contribution is 2.23. The summed E-state index contributed by atoms with van der Waals surface area (Å²) in [5.41, 5.74) is 2.66. The van der Waals surface area contributed by atoms with Crippen LogP contribution in [0, 0.1) is 11.8 Å². The summed E-state index contributed by atoms with van der Waals surface area (Å²) in [7, 11) is 1.86. The molecular formula is C24H41N5. The zero-order valence-corrected chi connectivity index (χ0v) is 19.0. The van der Waals surface area contributed by atoms with Crippen LogP contribution in [-0.4, -0.2) is 56.7 Å². The van der Waals surface area contributed by atoms with Crippen LogP contribution in [0.15, 0.2) is 29.3 Å². The van der Waals surface area contributed by atoms with Crippen molar-refractivity contribution in [2.45, 2.75) is 59.0 Å². The van der Waals surface area contributed by atoms with Crippen molar-refractivity contribution in [3.05, 3.63) is 29.8 Å². The van der Waals surface area contributed by atoms with E-state index in [9.17, 15) is 0 Å². The number of hydrogen-bond donors (Lipinski definition) is 2. The normalized spacial score (nSPS) is 20.3. The fourth-order valence-electron chi connectivity index (χ4n) is 4.44. The monoisotopic (exact) mass is 399 g/mol. The Hall–Kier alpha value is -1.75. The smallest absolute Gasteiger partial charge is 0.191 e. The standard InChI is InChI=1S/C24H41N5/c1-19(2)18-28-13-11-22(12-14-28)27-24(25-4)26-17-21-5-7-23(8-6-21)29-15-9-20(3)10-16-29/h5-8,19-20,22H,9-18H2,1-4H3,(H2,25,26,27). The summed E-state index contributed by atoms with van der Waals surface area (Å²) < 4.78 is 0. The van der Waals surface area contributed by atoms with Crippen LogP contribution >= 0.6 is 0 Å². The predicted molar refractivity (Wildman–Crippen MR) is 125 cm³/mol. The third-order valence-electron chi connectivity index (χ3n) is 6.32. The molecule has 2 fully saturated rings. The molecule has 0 saturated carbocycles. The van der Waals surface area contributed by atoms with Gasteiger partial charge in [-0.3, -0.25) is 4.99 Å². The topological polar surface area (TPSA) is 42.9 Å². The van der Waals surface area contributed by atoms with Gasteiger partial charge < -0.3 is 20.4 Å². The van der Waals surface area contributed by atoms with Crippen LogP contribution in [-0.2, 0) is 6.54 Å². The first-order valence-corrected chi connectivity index (χ1v) is 11.6. The van der Waals surface area contributed by atoms with Crippen LogP contribution < -0.4 is 15.5 Å². The maximum absolute atomic E-state index is 4.44. The SMILES string of the molecule is CN=C(NCc1ccc(N2CCC(C)CC2)cc1)NC1CCN(CC(C)C)CC1. The molecule has 2 aliphatic heterocycles. The Kier molecular flexibility index (Phi) is 8.22. The van der Waals surface area contributed by atoms with Crippen LogP contribution in [0.1, 0.15) is 52.0 Å². The fraction of sp³-hybridized carbons (Fsp3) is 0.708. The van der Waals surface area contributed by atoms with Crippen molar-refractivity contribution in [1.29, 1.82) is 0 Å². The molecule has 162 valence electrons. The number of rotatable bonds is 6. The lowest BCUT2D eigenvalue weighted by molar-refractivity contribution is 0.187. The summed E-state index contributed by atoms with van der Waals surface area (Å²) in [6, 6.07) is 9.56. The Balaban J connectivity index is 1.41. The van der Waals surface area contributed by atoms with Crippen molar-refractivity contribution >= 4 is 11.6 Å². The molecule has 0 bridgehead atoms. The summed E-state index contributed by atoms with van der Waals surface area (Å²) in [5.74, 6) is 2.54. The van der Waals surface area contributed by atoms with Crippen molar-refractivity contribution in [3.8, 4) is 0 Å². The van der Waals surface area contributed by atoms with E-state index in [0.717, 1.165) is 24.3 Å². The van der Waals surface area contributed by atoms with Gasteiger partial charge in [-0.25, -0.2) is 0 Å². The Labute approximate surface area is 178 Å².